The Bertz CT molecular complexity index is 948. The van der Waals surface area contributed by atoms with Crippen molar-refractivity contribution in [2.24, 2.45) is 5.92 Å². The molecule has 2 amide bonds. The topological polar surface area (TPSA) is 92.3 Å². The Morgan fingerprint density at radius 3 is 2.26 bits per heavy atom. The van der Waals surface area contributed by atoms with E-state index in [1.54, 1.807) is 48.5 Å². The molecule has 0 radical (unpaired) electrons. The van der Waals surface area contributed by atoms with Crippen molar-refractivity contribution in [3.63, 3.8) is 0 Å². The number of hydrogen-bond acceptors (Lipinski definition) is 4. The highest BCUT2D eigenvalue weighted by Crippen LogP contribution is 2.30. The molecule has 1 fully saturated rings. The number of anilines is 2. The van der Waals surface area contributed by atoms with Crippen LogP contribution >= 0.6 is 0 Å². The maximum Gasteiger partial charge on any atom is 0.227 e. The molecule has 0 saturated heterocycles. The molecule has 0 bridgehead atoms. The van der Waals surface area contributed by atoms with Crippen molar-refractivity contribution in [1.29, 1.82) is 0 Å². The lowest BCUT2D eigenvalue weighted by molar-refractivity contribution is -0.117. The van der Waals surface area contributed by atoms with Crippen LogP contribution in [0.5, 0.6) is 0 Å². The second-order valence-corrected chi connectivity index (χ2v) is 8.88. The van der Waals surface area contributed by atoms with Crippen LogP contribution in [0.1, 0.15) is 24.8 Å². The number of hydrogen-bond donors (Lipinski definition) is 2. The van der Waals surface area contributed by atoms with Crippen molar-refractivity contribution in [3.8, 4) is 0 Å². The minimum Gasteiger partial charge on any atom is -0.326 e. The Morgan fingerprint density at radius 2 is 1.63 bits per heavy atom. The minimum absolute atomic E-state index is 0.0114. The normalized spacial score (nSPS) is 13.8. The molecular formula is C20H22N2O4S. The number of rotatable bonds is 7. The maximum absolute atomic E-state index is 12.3. The molecule has 0 unspecified atom stereocenters. The highest BCUT2D eigenvalue weighted by atomic mass is 32.2. The van der Waals surface area contributed by atoms with Crippen molar-refractivity contribution >= 4 is 33.0 Å². The monoisotopic (exact) mass is 386 g/mol. The Kier molecular flexibility index (Phi) is 5.60. The Balaban J connectivity index is 1.55. The third kappa shape index (κ3) is 5.40. The number of amides is 2. The first-order chi connectivity index (χ1) is 12.8. The van der Waals surface area contributed by atoms with Gasteiger partial charge in [0.05, 0.1) is 10.6 Å². The number of carbonyl (C=O) groups excluding carboxylic acids is 2. The Labute approximate surface area is 158 Å². The molecular weight excluding hydrogens is 364 g/mol. The van der Waals surface area contributed by atoms with E-state index in [4.69, 9.17) is 0 Å². The zero-order chi connectivity index (χ0) is 19.4. The summed E-state index contributed by atoms with van der Waals surface area (Å²) in [6.45, 7) is 1.88. The van der Waals surface area contributed by atoms with Crippen LogP contribution in [0.4, 0.5) is 11.4 Å². The molecule has 0 spiro atoms. The third-order valence-electron chi connectivity index (χ3n) is 4.34. The van der Waals surface area contributed by atoms with Crippen LogP contribution in [0.3, 0.4) is 0 Å². The van der Waals surface area contributed by atoms with Gasteiger partial charge in [-0.05, 0) is 50.1 Å². The molecule has 3 rings (SSSR count). The average Bonchev–Trinajstić information content (AvgIpc) is 3.46. The summed E-state index contributed by atoms with van der Waals surface area (Å²) < 4.78 is 24.6. The van der Waals surface area contributed by atoms with E-state index in [9.17, 15) is 18.0 Å². The Hall–Kier alpha value is -2.67. The van der Waals surface area contributed by atoms with E-state index in [1.165, 1.54) is 0 Å². The summed E-state index contributed by atoms with van der Waals surface area (Å²) in [5.41, 5.74) is 2.10. The van der Waals surface area contributed by atoms with Crippen LogP contribution in [0.2, 0.25) is 0 Å². The van der Waals surface area contributed by atoms with E-state index in [0.29, 0.717) is 11.4 Å². The Morgan fingerprint density at radius 1 is 1.00 bits per heavy atom. The average molecular weight is 386 g/mol. The summed E-state index contributed by atoms with van der Waals surface area (Å²) in [5.74, 6) is -0.575. The van der Waals surface area contributed by atoms with Gasteiger partial charge in [0.2, 0.25) is 11.8 Å². The lowest BCUT2D eigenvalue weighted by Gasteiger charge is -2.09. The maximum atomic E-state index is 12.3. The quantitative estimate of drug-likeness (QED) is 0.765. The van der Waals surface area contributed by atoms with Crippen molar-refractivity contribution in [1.82, 2.24) is 0 Å². The lowest BCUT2D eigenvalue weighted by atomic mass is 10.2. The summed E-state index contributed by atoms with van der Waals surface area (Å²) >= 11 is 0. The highest BCUT2D eigenvalue weighted by molar-refractivity contribution is 7.91. The van der Waals surface area contributed by atoms with Gasteiger partial charge in [-0.15, -0.1) is 0 Å². The van der Waals surface area contributed by atoms with Crippen molar-refractivity contribution in [2.45, 2.75) is 31.1 Å². The fraction of sp³-hybridized carbons (Fsp3) is 0.300. The van der Waals surface area contributed by atoms with Crippen LogP contribution in [0, 0.1) is 12.8 Å². The van der Waals surface area contributed by atoms with Gasteiger partial charge < -0.3 is 10.6 Å². The minimum atomic E-state index is -3.51. The van der Waals surface area contributed by atoms with Gasteiger partial charge in [-0.3, -0.25) is 9.59 Å². The van der Waals surface area contributed by atoms with Crippen molar-refractivity contribution in [2.75, 3.05) is 16.4 Å². The molecule has 6 nitrogen and oxygen atoms in total. The van der Waals surface area contributed by atoms with Gasteiger partial charge in [0, 0.05) is 23.7 Å². The standard InChI is InChI=1S/C20H22N2O4S/c1-14-5-9-18(10-6-14)27(25,26)12-11-19(23)21-16-3-2-4-17(13-16)22-20(24)15-7-8-15/h2-6,9-10,13,15H,7-8,11-12H2,1H3,(H,21,23)(H,22,24). The van der Waals surface area contributed by atoms with Gasteiger partial charge in [0.25, 0.3) is 0 Å². The summed E-state index contributed by atoms with van der Waals surface area (Å²) in [6.07, 6.45) is 1.68. The van der Waals surface area contributed by atoms with E-state index < -0.39 is 15.7 Å². The van der Waals surface area contributed by atoms with Crippen LogP contribution in [0.25, 0.3) is 0 Å². The number of nitrogens with one attached hydrogen (secondary N) is 2. The molecule has 2 N–H and O–H groups in total. The van der Waals surface area contributed by atoms with Gasteiger partial charge >= 0.3 is 0 Å². The van der Waals surface area contributed by atoms with Crippen LogP contribution in [0.15, 0.2) is 53.4 Å². The number of benzene rings is 2. The second kappa shape index (κ2) is 7.92. The van der Waals surface area contributed by atoms with Crippen LogP contribution < -0.4 is 10.6 Å². The summed E-state index contributed by atoms with van der Waals surface area (Å²) in [6, 6.07) is 13.4. The van der Waals surface area contributed by atoms with Gasteiger partial charge in [0.1, 0.15) is 0 Å². The molecule has 1 saturated carbocycles. The lowest BCUT2D eigenvalue weighted by Crippen LogP contribution is -2.18. The molecule has 2 aromatic rings. The zero-order valence-corrected chi connectivity index (χ0v) is 15.9. The van der Waals surface area contributed by atoms with E-state index in [-0.39, 0.29) is 28.9 Å². The zero-order valence-electron chi connectivity index (χ0n) is 15.1. The van der Waals surface area contributed by atoms with Gasteiger partial charge in [-0.2, -0.15) is 0 Å². The van der Waals surface area contributed by atoms with Crippen molar-refractivity contribution < 1.29 is 18.0 Å². The van der Waals surface area contributed by atoms with E-state index >= 15 is 0 Å². The summed E-state index contributed by atoms with van der Waals surface area (Å²) in [4.78, 5) is 24.2. The molecule has 27 heavy (non-hydrogen) atoms. The van der Waals surface area contributed by atoms with E-state index in [0.717, 1.165) is 18.4 Å². The van der Waals surface area contributed by atoms with E-state index in [2.05, 4.69) is 10.6 Å². The largest absolute Gasteiger partial charge is 0.326 e. The predicted octanol–water partition coefficient (Wildman–Crippen LogP) is 3.15. The predicted molar refractivity (Wildman–Crippen MR) is 104 cm³/mol. The second-order valence-electron chi connectivity index (χ2n) is 6.77. The number of carbonyl (C=O) groups is 2. The molecule has 7 heteroatoms. The SMILES string of the molecule is Cc1ccc(S(=O)(=O)CCC(=O)Nc2cccc(NC(=O)C3CC3)c2)cc1. The molecule has 1 aliphatic carbocycles. The summed E-state index contributed by atoms with van der Waals surface area (Å²) in [5, 5.41) is 5.49. The highest BCUT2D eigenvalue weighted by Gasteiger charge is 2.29. The van der Waals surface area contributed by atoms with Crippen LogP contribution in [-0.4, -0.2) is 26.0 Å². The first-order valence-corrected chi connectivity index (χ1v) is 10.5. The van der Waals surface area contributed by atoms with Gasteiger partial charge in [0.15, 0.2) is 9.84 Å². The molecule has 0 aromatic heterocycles. The third-order valence-corrected chi connectivity index (χ3v) is 6.07. The van der Waals surface area contributed by atoms with Gasteiger partial charge in [-0.1, -0.05) is 23.8 Å². The number of sulfone groups is 1. The van der Waals surface area contributed by atoms with Gasteiger partial charge in [-0.25, -0.2) is 8.42 Å². The first kappa shape index (κ1) is 19.1. The fourth-order valence-electron chi connectivity index (χ4n) is 2.58. The fourth-order valence-corrected chi connectivity index (χ4v) is 3.82. The van der Waals surface area contributed by atoms with Crippen LogP contribution in [-0.2, 0) is 19.4 Å². The molecule has 142 valence electrons. The van der Waals surface area contributed by atoms with Crippen molar-refractivity contribution in [3.05, 3.63) is 54.1 Å². The molecule has 0 atom stereocenters. The smallest absolute Gasteiger partial charge is 0.227 e. The molecule has 0 heterocycles. The molecule has 1 aliphatic rings. The summed E-state index contributed by atoms with van der Waals surface area (Å²) in [7, 11) is -3.51. The number of aryl methyl sites for hydroxylation is 1. The van der Waals surface area contributed by atoms with E-state index in [1.807, 2.05) is 6.92 Å². The molecule has 0 aliphatic heterocycles. The molecule has 2 aromatic carbocycles. The first-order valence-electron chi connectivity index (χ1n) is 8.84.